The van der Waals surface area contributed by atoms with E-state index in [1.54, 1.807) is 0 Å². The van der Waals surface area contributed by atoms with E-state index in [1.807, 2.05) is 45.2 Å². The highest BCUT2D eigenvalue weighted by Gasteiger charge is 2.08. The predicted molar refractivity (Wildman–Crippen MR) is 79.8 cm³/mol. The molecule has 2 rings (SSSR count). The molecule has 0 spiro atoms. The highest BCUT2D eigenvalue weighted by Crippen LogP contribution is 2.21. The molecule has 0 fully saturated rings. The van der Waals surface area contributed by atoms with Crippen molar-refractivity contribution in [2.75, 3.05) is 17.7 Å². The quantitative estimate of drug-likeness (QED) is 0.899. The molecule has 0 aliphatic heterocycles. The predicted octanol–water partition coefficient (Wildman–Crippen LogP) is 3.40. The molecule has 0 saturated heterocycles. The summed E-state index contributed by atoms with van der Waals surface area (Å²) in [5.74, 6) is 2.41. The molecule has 1 aromatic heterocycles. The van der Waals surface area contributed by atoms with Gasteiger partial charge in [0.25, 0.3) is 0 Å². The van der Waals surface area contributed by atoms with Gasteiger partial charge in [0.15, 0.2) is 0 Å². The number of aryl methyl sites for hydroxylation is 1. The Morgan fingerprint density at radius 1 is 1.11 bits per heavy atom. The van der Waals surface area contributed by atoms with E-state index in [4.69, 9.17) is 11.6 Å². The number of halogens is 1. The molecule has 0 saturated carbocycles. The molecule has 5 heteroatoms. The number of nitrogens with one attached hydrogen (secondary N) is 2. The molecule has 0 aliphatic carbocycles. The number of benzene rings is 1. The first-order valence-electron chi connectivity index (χ1n) is 6.12. The number of aromatic nitrogens is 2. The summed E-state index contributed by atoms with van der Waals surface area (Å²) in [6, 6.07) is 7.78. The molecule has 0 atom stereocenters. The van der Waals surface area contributed by atoms with Gasteiger partial charge < -0.3 is 10.6 Å². The van der Waals surface area contributed by atoms with Gasteiger partial charge >= 0.3 is 0 Å². The number of hydrogen-bond acceptors (Lipinski definition) is 4. The van der Waals surface area contributed by atoms with Crippen LogP contribution in [0, 0.1) is 13.8 Å². The molecule has 1 heterocycles. The molecular weight excluding hydrogens is 260 g/mol. The van der Waals surface area contributed by atoms with Crippen LogP contribution in [0.3, 0.4) is 0 Å². The topological polar surface area (TPSA) is 49.8 Å². The normalized spacial score (nSPS) is 10.3. The Morgan fingerprint density at radius 2 is 1.79 bits per heavy atom. The molecule has 2 aromatic rings. The van der Waals surface area contributed by atoms with Gasteiger partial charge in [-0.05, 0) is 25.5 Å². The standard InChI is InChI=1S/C14H17ClN4/c1-9-13(16-3)18-10(2)19-14(9)17-8-11-6-4-5-7-12(11)15/h4-7H,8H2,1-3H3,(H2,16,17,18,19). The van der Waals surface area contributed by atoms with Crippen molar-refractivity contribution in [1.29, 1.82) is 0 Å². The molecule has 19 heavy (non-hydrogen) atoms. The lowest BCUT2D eigenvalue weighted by molar-refractivity contribution is 1.00. The van der Waals surface area contributed by atoms with Crippen molar-refractivity contribution >= 4 is 23.2 Å². The smallest absolute Gasteiger partial charge is 0.135 e. The Bertz CT molecular complexity index is 584. The lowest BCUT2D eigenvalue weighted by Crippen LogP contribution is -2.08. The van der Waals surface area contributed by atoms with Crippen LogP contribution in [-0.4, -0.2) is 17.0 Å². The van der Waals surface area contributed by atoms with Gasteiger partial charge in [-0.3, -0.25) is 0 Å². The maximum absolute atomic E-state index is 6.13. The molecular formula is C14H17ClN4. The molecule has 0 bridgehead atoms. The minimum atomic E-state index is 0.639. The highest BCUT2D eigenvalue weighted by molar-refractivity contribution is 6.31. The van der Waals surface area contributed by atoms with Crippen LogP contribution in [0.5, 0.6) is 0 Å². The number of nitrogens with zero attached hydrogens (tertiary/aromatic N) is 2. The third kappa shape index (κ3) is 3.15. The average molecular weight is 277 g/mol. The maximum Gasteiger partial charge on any atom is 0.135 e. The Labute approximate surface area is 118 Å². The number of hydrogen-bond donors (Lipinski definition) is 2. The fourth-order valence-electron chi connectivity index (χ4n) is 1.86. The summed E-state index contributed by atoms with van der Waals surface area (Å²) in [5.41, 5.74) is 2.05. The van der Waals surface area contributed by atoms with Crippen molar-refractivity contribution in [2.24, 2.45) is 0 Å². The maximum atomic E-state index is 6.13. The van der Waals surface area contributed by atoms with Crippen LogP contribution >= 0.6 is 11.6 Å². The summed E-state index contributed by atoms with van der Waals surface area (Å²) in [4.78, 5) is 8.76. The Hall–Kier alpha value is -1.81. The van der Waals surface area contributed by atoms with Crippen LogP contribution in [0.25, 0.3) is 0 Å². The van der Waals surface area contributed by atoms with Gasteiger partial charge in [-0.1, -0.05) is 29.8 Å². The van der Waals surface area contributed by atoms with Gasteiger partial charge in [0, 0.05) is 24.2 Å². The first-order chi connectivity index (χ1) is 9.11. The molecule has 4 nitrogen and oxygen atoms in total. The van der Waals surface area contributed by atoms with E-state index < -0.39 is 0 Å². The van der Waals surface area contributed by atoms with Crippen LogP contribution in [0.4, 0.5) is 11.6 Å². The summed E-state index contributed by atoms with van der Waals surface area (Å²) in [5, 5.41) is 7.14. The van der Waals surface area contributed by atoms with E-state index in [-0.39, 0.29) is 0 Å². The van der Waals surface area contributed by atoms with Crippen molar-refractivity contribution in [3.8, 4) is 0 Å². The molecule has 0 amide bonds. The van der Waals surface area contributed by atoms with Crippen LogP contribution < -0.4 is 10.6 Å². The SMILES string of the molecule is CNc1nc(C)nc(NCc2ccccc2Cl)c1C. The fraction of sp³-hybridized carbons (Fsp3) is 0.286. The molecule has 0 aliphatic rings. The second-order valence-electron chi connectivity index (χ2n) is 4.29. The van der Waals surface area contributed by atoms with Crippen molar-refractivity contribution in [1.82, 2.24) is 9.97 Å². The van der Waals surface area contributed by atoms with Crippen LogP contribution in [0.15, 0.2) is 24.3 Å². The van der Waals surface area contributed by atoms with Crippen molar-refractivity contribution in [3.63, 3.8) is 0 Å². The van der Waals surface area contributed by atoms with E-state index in [9.17, 15) is 0 Å². The average Bonchev–Trinajstić information content (AvgIpc) is 2.41. The third-order valence-electron chi connectivity index (χ3n) is 2.90. The largest absolute Gasteiger partial charge is 0.373 e. The summed E-state index contributed by atoms with van der Waals surface area (Å²) in [6.45, 7) is 4.50. The van der Waals surface area contributed by atoms with E-state index in [1.165, 1.54) is 0 Å². The fourth-order valence-corrected chi connectivity index (χ4v) is 2.07. The molecule has 2 N–H and O–H groups in total. The zero-order chi connectivity index (χ0) is 13.8. The second-order valence-corrected chi connectivity index (χ2v) is 4.70. The van der Waals surface area contributed by atoms with Crippen molar-refractivity contribution < 1.29 is 0 Å². The summed E-state index contributed by atoms with van der Waals surface area (Å²) in [7, 11) is 1.85. The van der Waals surface area contributed by atoms with E-state index >= 15 is 0 Å². The first kappa shape index (κ1) is 13.6. The van der Waals surface area contributed by atoms with Gasteiger partial charge in [0.1, 0.15) is 17.5 Å². The Morgan fingerprint density at radius 3 is 2.47 bits per heavy atom. The minimum absolute atomic E-state index is 0.639. The van der Waals surface area contributed by atoms with E-state index in [0.29, 0.717) is 6.54 Å². The summed E-state index contributed by atoms with van der Waals surface area (Å²) >= 11 is 6.13. The molecule has 0 unspecified atom stereocenters. The molecule has 100 valence electrons. The number of anilines is 2. The zero-order valence-electron chi connectivity index (χ0n) is 11.3. The van der Waals surface area contributed by atoms with Gasteiger partial charge in [0.05, 0.1) is 0 Å². The van der Waals surface area contributed by atoms with Crippen LogP contribution in [0.1, 0.15) is 17.0 Å². The second kappa shape index (κ2) is 5.89. The van der Waals surface area contributed by atoms with Crippen LogP contribution in [-0.2, 0) is 6.54 Å². The molecule has 1 aromatic carbocycles. The van der Waals surface area contributed by atoms with E-state index in [0.717, 1.165) is 33.6 Å². The first-order valence-corrected chi connectivity index (χ1v) is 6.50. The van der Waals surface area contributed by atoms with Gasteiger partial charge in [0.2, 0.25) is 0 Å². The van der Waals surface area contributed by atoms with Crippen LogP contribution in [0.2, 0.25) is 5.02 Å². The third-order valence-corrected chi connectivity index (χ3v) is 3.27. The van der Waals surface area contributed by atoms with Gasteiger partial charge in [-0.15, -0.1) is 0 Å². The summed E-state index contributed by atoms with van der Waals surface area (Å²) in [6.07, 6.45) is 0. The van der Waals surface area contributed by atoms with Crippen molar-refractivity contribution in [3.05, 3.63) is 46.2 Å². The number of rotatable bonds is 4. The van der Waals surface area contributed by atoms with E-state index in [2.05, 4.69) is 20.6 Å². The highest BCUT2D eigenvalue weighted by atomic mass is 35.5. The lowest BCUT2D eigenvalue weighted by Gasteiger charge is -2.13. The van der Waals surface area contributed by atoms with Gasteiger partial charge in [-0.2, -0.15) is 0 Å². The van der Waals surface area contributed by atoms with Crippen molar-refractivity contribution in [2.45, 2.75) is 20.4 Å². The van der Waals surface area contributed by atoms with Gasteiger partial charge in [-0.25, -0.2) is 9.97 Å². The lowest BCUT2D eigenvalue weighted by atomic mass is 10.2. The Balaban J connectivity index is 2.20. The summed E-state index contributed by atoms with van der Waals surface area (Å²) < 4.78 is 0. The molecule has 0 radical (unpaired) electrons. The minimum Gasteiger partial charge on any atom is -0.373 e. The monoisotopic (exact) mass is 276 g/mol. The Kier molecular flexibility index (Phi) is 4.22. The zero-order valence-corrected chi connectivity index (χ0v) is 12.0.